The lowest BCUT2D eigenvalue weighted by molar-refractivity contribution is 0.0952. The highest BCUT2D eigenvalue weighted by molar-refractivity contribution is 6.09. The number of piperazine rings is 1. The van der Waals surface area contributed by atoms with Crippen LogP contribution < -0.4 is 21.5 Å². The minimum absolute atomic E-state index is 0.156. The van der Waals surface area contributed by atoms with E-state index in [1.807, 2.05) is 26.0 Å². The first-order chi connectivity index (χ1) is 18.8. The summed E-state index contributed by atoms with van der Waals surface area (Å²) in [7, 11) is 0. The standard InChI is InChI=1S/C31H40N6O2/c1-6-22(5)37-18-20(3)29-25(30(38)34-17-26-19(2)13-21(4)35-31(26)39)14-24(15-27(29)37)23-7-8-28(33-16-23)36-11-9-32-10-12-36/h7-8,13-15,18,22,32-33H,6,9-12,16-17H2,1-5H3,(H,34,38)(H,35,39). The van der Waals surface area contributed by atoms with Crippen molar-refractivity contribution in [3.8, 4) is 0 Å². The van der Waals surface area contributed by atoms with E-state index in [9.17, 15) is 9.59 Å². The summed E-state index contributed by atoms with van der Waals surface area (Å²) in [6.07, 6.45) is 7.48. The van der Waals surface area contributed by atoms with Gasteiger partial charge < -0.3 is 30.4 Å². The van der Waals surface area contributed by atoms with Gasteiger partial charge in [-0.25, -0.2) is 0 Å². The molecule has 5 rings (SSSR count). The lowest BCUT2D eigenvalue weighted by Gasteiger charge is -2.33. The number of nitrogens with one attached hydrogen (secondary N) is 4. The Labute approximate surface area is 230 Å². The van der Waals surface area contributed by atoms with Gasteiger partial charge in [0.2, 0.25) is 0 Å². The zero-order chi connectivity index (χ0) is 27.7. The number of benzene rings is 1. The first-order valence-electron chi connectivity index (χ1n) is 14.0. The number of amides is 1. The molecule has 2 aromatic heterocycles. The van der Waals surface area contributed by atoms with Crippen molar-refractivity contribution in [2.75, 3.05) is 32.7 Å². The molecule has 1 fully saturated rings. The molecule has 0 radical (unpaired) electrons. The molecule has 4 N–H and O–H groups in total. The van der Waals surface area contributed by atoms with Gasteiger partial charge in [-0.15, -0.1) is 0 Å². The number of hydrogen-bond acceptors (Lipinski definition) is 5. The molecule has 1 unspecified atom stereocenters. The van der Waals surface area contributed by atoms with E-state index in [0.29, 0.717) is 23.7 Å². The van der Waals surface area contributed by atoms with Crippen LogP contribution in [0.15, 0.2) is 47.2 Å². The third kappa shape index (κ3) is 5.39. The number of aromatic nitrogens is 2. The largest absolute Gasteiger partial charge is 0.368 e. The summed E-state index contributed by atoms with van der Waals surface area (Å²) >= 11 is 0. The van der Waals surface area contributed by atoms with Crippen LogP contribution in [0.4, 0.5) is 0 Å². The average Bonchev–Trinajstić information content (AvgIpc) is 3.28. The summed E-state index contributed by atoms with van der Waals surface area (Å²) < 4.78 is 2.29. The summed E-state index contributed by atoms with van der Waals surface area (Å²) in [5.41, 5.74) is 7.06. The number of carbonyl (C=O) groups is 1. The van der Waals surface area contributed by atoms with Crippen molar-refractivity contribution >= 4 is 22.4 Å². The lowest BCUT2D eigenvalue weighted by Crippen LogP contribution is -2.46. The van der Waals surface area contributed by atoms with E-state index in [4.69, 9.17) is 0 Å². The SMILES string of the molecule is CCC(C)n1cc(C)c2c(C(=O)NCc3c(C)cc(C)[nH]c3=O)cc(C3=CC=C(N4CCNCC4)NC3)cc21. The van der Waals surface area contributed by atoms with Gasteiger partial charge in [0.1, 0.15) is 5.82 Å². The van der Waals surface area contributed by atoms with Crippen LogP contribution in [-0.4, -0.2) is 53.1 Å². The molecule has 0 spiro atoms. The van der Waals surface area contributed by atoms with Gasteiger partial charge in [0, 0.05) is 79.2 Å². The number of aryl methyl sites for hydroxylation is 3. The second kappa shape index (κ2) is 11.1. The Bertz CT molecular complexity index is 1520. The smallest absolute Gasteiger partial charge is 0.253 e. The number of H-pyrrole nitrogens is 1. The Hall–Kier alpha value is -3.78. The number of rotatable bonds is 7. The van der Waals surface area contributed by atoms with Gasteiger partial charge in [-0.05, 0) is 80.7 Å². The minimum atomic E-state index is -0.173. The van der Waals surface area contributed by atoms with Gasteiger partial charge in [-0.1, -0.05) is 13.0 Å². The number of nitrogens with zero attached hydrogens (tertiary/aromatic N) is 2. The Morgan fingerprint density at radius 3 is 2.51 bits per heavy atom. The summed E-state index contributed by atoms with van der Waals surface area (Å²) in [6, 6.07) is 6.47. The molecular weight excluding hydrogens is 488 g/mol. The van der Waals surface area contributed by atoms with E-state index in [0.717, 1.165) is 77.3 Å². The van der Waals surface area contributed by atoms with E-state index in [1.165, 1.54) is 0 Å². The molecule has 8 nitrogen and oxygen atoms in total. The fourth-order valence-corrected chi connectivity index (χ4v) is 5.68. The number of dihydropyridines is 1. The quantitative estimate of drug-likeness (QED) is 0.373. The van der Waals surface area contributed by atoms with Gasteiger partial charge in [0.15, 0.2) is 0 Å². The molecule has 39 heavy (non-hydrogen) atoms. The van der Waals surface area contributed by atoms with Crippen LogP contribution >= 0.6 is 0 Å². The van der Waals surface area contributed by atoms with Crippen LogP contribution in [0.3, 0.4) is 0 Å². The predicted octanol–water partition coefficient (Wildman–Crippen LogP) is 3.89. The molecule has 8 heteroatoms. The van der Waals surface area contributed by atoms with Crippen LogP contribution in [0.5, 0.6) is 0 Å². The number of pyridine rings is 1. The van der Waals surface area contributed by atoms with Crippen molar-refractivity contribution in [1.29, 1.82) is 0 Å². The summed E-state index contributed by atoms with van der Waals surface area (Å²) in [6.45, 7) is 15.1. The maximum atomic E-state index is 13.7. The van der Waals surface area contributed by atoms with E-state index < -0.39 is 0 Å². The molecule has 1 aromatic carbocycles. The fraction of sp³-hybridized carbons (Fsp3) is 0.419. The molecule has 3 aromatic rings. The van der Waals surface area contributed by atoms with E-state index in [-0.39, 0.29) is 18.0 Å². The van der Waals surface area contributed by atoms with Crippen LogP contribution in [-0.2, 0) is 6.54 Å². The monoisotopic (exact) mass is 528 g/mol. The highest BCUT2D eigenvalue weighted by Crippen LogP contribution is 2.32. The van der Waals surface area contributed by atoms with Crippen molar-refractivity contribution in [3.05, 3.63) is 86.2 Å². The van der Waals surface area contributed by atoms with Crippen LogP contribution in [0.2, 0.25) is 0 Å². The highest BCUT2D eigenvalue weighted by Gasteiger charge is 2.22. The van der Waals surface area contributed by atoms with E-state index in [1.54, 1.807) is 0 Å². The zero-order valence-electron chi connectivity index (χ0n) is 23.7. The average molecular weight is 529 g/mol. The summed E-state index contributed by atoms with van der Waals surface area (Å²) in [5, 5.41) is 11.0. The van der Waals surface area contributed by atoms with Crippen molar-refractivity contribution in [2.45, 2.75) is 53.6 Å². The molecule has 1 amide bonds. The number of aromatic amines is 1. The number of fused-ring (bicyclic) bond motifs is 1. The molecule has 4 heterocycles. The lowest BCUT2D eigenvalue weighted by atomic mass is 9.96. The molecule has 1 atom stereocenters. The van der Waals surface area contributed by atoms with Gasteiger partial charge in [-0.3, -0.25) is 9.59 Å². The Kier molecular flexibility index (Phi) is 7.66. The molecule has 1 saturated heterocycles. The van der Waals surface area contributed by atoms with Crippen molar-refractivity contribution in [1.82, 2.24) is 30.4 Å². The second-order valence-corrected chi connectivity index (χ2v) is 10.9. The first-order valence-corrected chi connectivity index (χ1v) is 14.0. The summed E-state index contributed by atoms with van der Waals surface area (Å²) in [4.78, 5) is 31.5. The summed E-state index contributed by atoms with van der Waals surface area (Å²) in [5.74, 6) is 0.976. The second-order valence-electron chi connectivity index (χ2n) is 10.9. The first kappa shape index (κ1) is 26.8. The van der Waals surface area contributed by atoms with E-state index in [2.05, 4.69) is 75.6 Å². The van der Waals surface area contributed by atoms with Crippen LogP contribution in [0.1, 0.15) is 64.6 Å². The molecule has 2 aliphatic heterocycles. The van der Waals surface area contributed by atoms with Crippen LogP contribution in [0, 0.1) is 20.8 Å². The molecule has 2 aliphatic rings. The topological polar surface area (TPSA) is 94.2 Å². The fourth-order valence-electron chi connectivity index (χ4n) is 5.68. The van der Waals surface area contributed by atoms with E-state index >= 15 is 0 Å². The normalized spacial score (nSPS) is 16.5. The van der Waals surface area contributed by atoms with Gasteiger partial charge in [0.25, 0.3) is 11.5 Å². The van der Waals surface area contributed by atoms with Gasteiger partial charge >= 0.3 is 0 Å². The Morgan fingerprint density at radius 1 is 1.08 bits per heavy atom. The van der Waals surface area contributed by atoms with Gasteiger partial charge in [0.05, 0.1) is 0 Å². The number of allylic oxidation sites excluding steroid dienone is 2. The number of carbonyl (C=O) groups excluding carboxylic acids is 1. The van der Waals surface area contributed by atoms with Crippen molar-refractivity contribution in [3.63, 3.8) is 0 Å². The molecule has 0 saturated carbocycles. The van der Waals surface area contributed by atoms with Crippen molar-refractivity contribution in [2.24, 2.45) is 0 Å². The Balaban J connectivity index is 1.53. The molecule has 0 aliphatic carbocycles. The number of hydrogen-bond donors (Lipinski definition) is 4. The Morgan fingerprint density at radius 2 is 1.85 bits per heavy atom. The maximum Gasteiger partial charge on any atom is 0.253 e. The van der Waals surface area contributed by atoms with Gasteiger partial charge in [-0.2, -0.15) is 0 Å². The van der Waals surface area contributed by atoms with Crippen LogP contribution in [0.25, 0.3) is 16.5 Å². The third-order valence-electron chi connectivity index (χ3n) is 8.08. The molecule has 0 bridgehead atoms. The van der Waals surface area contributed by atoms with Crippen molar-refractivity contribution < 1.29 is 4.79 Å². The minimum Gasteiger partial charge on any atom is -0.368 e. The maximum absolute atomic E-state index is 13.7. The zero-order valence-corrected chi connectivity index (χ0v) is 23.7. The predicted molar refractivity (Wildman–Crippen MR) is 158 cm³/mol. The highest BCUT2D eigenvalue weighted by atomic mass is 16.1. The molecular formula is C31H40N6O2. The molecule has 206 valence electrons. The third-order valence-corrected chi connectivity index (χ3v) is 8.08.